The first-order valence-corrected chi connectivity index (χ1v) is 6.87. The summed E-state index contributed by atoms with van der Waals surface area (Å²) in [5.74, 6) is 1.47. The first-order valence-electron chi connectivity index (χ1n) is 5.88. The second-order valence-corrected chi connectivity index (χ2v) is 5.55. The molecule has 0 saturated carbocycles. The Morgan fingerprint density at radius 1 is 1.56 bits per heavy atom. The molecule has 0 saturated heterocycles. The van der Waals surface area contributed by atoms with Gasteiger partial charge in [-0.05, 0) is 33.7 Å². The lowest BCUT2D eigenvalue weighted by Crippen LogP contribution is -2.51. The fourth-order valence-corrected chi connectivity index (χ4v) is 2.37. The van der Waals surface area contributed by atoms with E-state index in [-0.39, 0.29) is 5.91 Å². The number of nitrogens with two attached hydrogens (primary N) is 1. The fraction of sp³-hybridized carbons (Fsp3) is 0.727. The highest BCUT2D eigenvalue weighted by Gasteiger charge is 2.28. The van der Waals surface area contributed by atoms with E-state index >= 15 is 0 Å². The van der Waals surface area contributed by atoms with E-state index < -0.39 is 5.54 Å². The number of carbonyl (C=O) groups excluding carboxylic acids is 1. The van der Waals surface area contributed by atoms with Crippen molar-refractivity contribution in [3.63, 3.8) is 0 Å². The zero-order valence-electron chi connectivity index (χ0n) is 11.4. The summed E-state index contributed by atoms with van der Waals surface area (Å²) in [6, 6.07) is 0. The quantitative estimate of drug-likeness (QED) is 0.556. The van der Waals surface area contributed by atoms with Crippen molar-refractivity contribution in [1.82, 2.24) is 20.1 Å². The average molecular weight is 271 g/mol. The number of nitrogens with one attached hydrogen (secondary N) is 1. The largest absolute Gasteiger partial charge is 0.368 e. The lowest BCUT2D eigenvalue weighted by Gasteiger charge is -2.25. The number of carbonyl (C=O) groups is 1. The van der Waals surface area contributed by atoms with Gasteiger partial charge in [0.25, 0.3) is 0 Å². The van der Waals surface area contributed by atoms with Gasteiger partial charge in [-0.2, -0.15) is 0 Å². The summed E-state index contributed by atoms with van der Waals surface area (Å²) >= 11 is 1.64. The topological polar surface area (TPSA) is 85.8 Å². The number of thioether (sulfide) groups is 1. The molecule has 0 aliphatic heterocycles. The van der Waals surface area contributed by atoms with Gasteiger partial charge in [0.05, 0.1) is 5.54 Å². The van der Waals surface area contributed by atoms with Crippen LogP contribution in [0.5, 0.6) is 0 Å². The second-order valence-electron chi connectivity index (χ2n) is 4.49. The molecule has 1 aromatic rings. The van der Waals surface area contributed by atoms with Crippen molar-refractivity contribution in [3.8, 4) is 0 Å². The number of hydrogen-bond acceptors (Lipinski definition) is 5. The van der Waals surface area contributed by atoms with Gasteiger partial charge in [-0.15, -0.1) is 10.2 Å². The van der Waals surface area contributed by atoms with E-state index in [2.05, 4.69) is 15.5 Å². The Morgan fingerprint density at radius 3 is 2.67 bits per heavy atom. The molecule has 6 nitrogen and oxygen atoms in total. The molecule has 0 bridgehead atoms. The van der Waals surface area contributed by atoms with Crippen LogP contribution in [-0.4, -0.2) is 39.0 Å². The molecule has 0 radical (unpaired) electrons. The summed E-state index contributed by atoms with van der Waals surface area (Å²) < 4.78 is 1.95. The zero-order chi connectivity index (χ0) is 13.8. The monoisotopic (exact) mass is 271 g/mol. The number of hydrogen-bond donors (Lipinski definition) is 2. The Kier molecular flexibility index (Phi) is 5.15. The van der Waals surface area contributed by atoms with E-state index in [1.165, 1.54) is 0 Å². The third kappa shape index (κ3) is 3.46. The van der Waals surface area contributed by atoms with Gasteiger partial charge >= 0.3 is 0 Å². The van der Waals surface area contributed by atoms with Crippen molar-refractivity contribution >= 4 is 17.7 Å². The zero-order valence-corrected chi connectivity index (χ0v) is 12.2. The number of likely N-dealkylation sites (N-methyl/N-ethyl adjacent to an activating group) is 1. The molecular formula is C11H21N5OS. The molecule has 1 heterocycles. The molecule has 1 rings (SSSR count). The molecule has 0 aliphatic rings. The van der Waals surface area contributed by atoms with Crippen LogP contribution in [0, 0.1) is 6.92 Å². The molecule has 7 heteroatoms. The van der Waals surface area contributed by atoms with E-state index in [0.717, 1.165) is 23.2 Å². The molecule has 1 unspecified atom stereocenters. The van der Waals surface area contributed by atoms with Crippen molar-refractivity contribution in [2.45, 2.75) is 37.4 Å². The van der Waals surface area contributed by atoms with Crippen LogP contribution >= 0.6 is 11.8 Å². The number of nitrogens with zero attached hydrogens (tertiary/aromatic N) is 3. The van der Waals surface area contributed by atoms with Crippen LogP contribution in [0.2, 0.25) is 0 Å². The molecule has 1 amide bonds. The van der Waals surface area contributed by atoms with Crippen LogP contribution in [0.1, 0.15) is 25.6 Å². The Bertz CT molecular complexity index is 420. The lowest BCUT2D eigenvalue weighted by atomic mass is 9.96. The van der Waals surface area contributed by atoms with Gasteiger partial charge in [0.2, 0.25) is 5.91 Å². The predicted molar refractivity (Wildman–Crippen MR) is 72.4 cm³/mol. The Hall–Kier alpha value is -1.08. The van der Waals surface area contributed by atoms with Gasteiger partial charge in [0.1, 0.15) is 5.82 Å². The fourth-order valence-electron chi connectivity index (χ4n) is 1.47. The van der Waals surface area contributed by atoms with Crippen molar-refractivity contribution < 1.29 is 4.79 Å². The minimum Gasteiger partial charge on any atom is -0.368 e. The normalized spacial score (nSPS) is 14.4. The van der Waals surface area contributed by atoms with E-state index in [4.69, 9.17) is 5.73 Å². The van der Waals surface area contributed by atoms with Gasteiger partial charge in [0, 0.05) is 12.8 Å². The summed E-state index contributed by atoms with van der Waals surface area (Å²) in [5, 5.41) is 11.9. The smallest absolute Gasteiger partial charge is 0.237 e. The molecule has 0 aromatic carbocycles. The van der Waals surface area contributed by atoms with E-state index in [1.807, 2.05) is 25.5 Å². The van der Waals surface area contributed by atoms with Crippen molar-refractivity contribution in [3.05, 3.63) is 5.82 Å². The van der Waals surface area contributed by atoms with E-state index in [1.54, 1.807) is 18.8 Å². The van der Waals surface area contributed by atoms with E-state index in [9.17, 15) is 4.79 Å². The Labute approximate surface area is 112 Å². The summed E-state index contributed by atoms with van der Waals surface area (Å²) in [7, 11) is 3.70. The standard InChI is InChI=1S/C11H21N5OS/c1-8-14-15-10(16(8)4)18-7-5-6-11(2,13-3)9(12)17/h13H,5-7H2,1-4H3,(H2,12,17). The maximum atomic E-state index is 11.3. The highest BCUT2D eigenvalue weighted by Crippen LogP contribution is 2.19. The maximum Gasteiger partial charge on any atom is 0.237 e. The first kappa shape index (κ1) is 15.0. The van der Waals surface area contributed by atoms with E-state index in [0.29, 0.717) is 6.42 Å². The van der Waals surface area contributed by atoms with Crippen molar-refractivity contribution in [1.29, 1.82) is 0 Å². The molecule has 0 spiro atoms. The summed E-state index contributed by atoms with van der Waals surface area (Å²) in [4.78, 5) is 11.3. The highest BCUT2D eigenvalue weighted by molar-refractivity contribution is 7.99. The minimum absolute atomic E-state index is 0.315. The van der Waals surface area contributed by atoms with Crippen LogP contribution in [0.15, 0.2) is 5.16 Å². The number of aromatic nitrogens is 3. The van der Waals surface area contributed by atoms with Crippen LogP contribution < -0.4 is 11.1 Å². The van der Waals surface area contributed by atoms with Crippen molar-refractivity contribution in [2.75, 3.05) is 12.8 Å². The van der Waals surface area contributed by atoms with Crippen LogP contribution in [0.4, 0.5) is 0 Å². The maximum absolute atomic E-state index is 11.3. The molecule has 18 heavy (non-hydrogen) atoms. The van der Waals surface area contributed by atoms with Crippen molar-refractivity contribution in [2.24, 2.45) is 12.8 Å². The number of amides is 1. The summed E-state index contributed by atoms with van der Waals surface area (Å²) in [6.45, 7) is 3.74. The lowest BCUT2D eigenvalue weighted by molar-refractivity contribution is -0.123. The molecule has 1 aromatic heterocycles. The second kappa shape index (κ2) is 6.19. The van der Waals surface area contributed by atoms with Crippen LogP contribution in [0.25, 0.3) is 0 Å². The predicted octanol–water partition coefficient (Wildman–Crippen LogP) is 0.459. The SMILES string of the molecule is CNC(C)(CCCSc1nnc(C)n1C)C(N)=O. The Morgan fingerprint density at radius 2 is 2.22 bits per heavy atom. The summed E-state index contributed by atoms with van der Waals surface area (Å²) in [6.07, 6.45) is 1.60. The third-order valence-corrected chi connectivity index (χ3v) is 4.31. The van der Waals surface area contributed by atoms with Crippen LogP contribution in [-0.2, 0) is 11.8 Å². The van der Waals surface area contributed by atoms with Gasteiger partial charge in [0.15, 0.2) is 5.16 Å². The molecule has 3 N–H and O–H groups in total. The molecule has 0 fully saturated rings. The number of rotatable bonds is 7. The van der Waals surface area contributed by atoms with Gasteiger partial charge in [-0.25, -0.2) is 0 Å². The average Bonchev–Trinajstić information content (AvgIpc) is 2.65. The molecule has 1 atom stereocenters. The molecular weight excluding hydrogens is 250 g/mol. The van der Waals surface area contributed by atoms with Gasteiger partial charge in [-0.1, -0.05) is 11.8 Å². The van der Waals surface area contributed by atoms with Gasteiger partial charge < -0.3 is 15.6 Å². The molecule has 0 aliphatic carbocycles. The minimum atomic E-state index is -0.629. The number of aryl methyl sites for hydroxylation is 1. The third-order valence-electron chi connectivity index (χ3n) is 3.20. The van der Waals surface area contributed by atoms with Gasteiger partial charge in [-0.3, -0.25) is 4.79 Å². The number of primary amides is 1. The highest BCUT2D eigenvalue weighted by atomic mass is 32.2. The Balaban J connectivity index is 2.39. The van der Waals surface area contributed by atoms with Crippen LogP contribution in [0.3, 0.4) is 0 Å². The first-order chi connectivity index (χ1) is 8.40. The summed E-state index contributed by atoms with van der Waals surface area (Å²) in [5.41, 5.74) is 4.74. The molecule has 102 valence electrons.